The zero-order valence-corrected chi connectivity index (χ0v) is 16.2. The van der Waals surface area contributed by atoms with Crippen molar-refractivity contribution < 1.29 is 9.59 Å². The second-order valence-corrected chi connectivity index (χ2v) is 8.19. The largest absolute Gasteiger partial charge is 0.353 e. The number of amides is 2. The van der Waals surface area contributed by atoms with Crippen LogP contribution in [-0.2, 0) is 9.59 Å². The van der Waals surface area contributed by atoms with Gasteiger partial charge in [0.1, 0.15) is 0 Å². The van der Waals surface area contributed by atoms with Gasteiger partial charge in [-0.15, -0.1) is 0 Å². The molecule has 2 aliphatic rings. The predicted octanol–water partition coefficient (Wildman–Crippen LogP) is 1.21. The number of nitrogens with one attached hydrogen (secondary N) is 2. The third-order valence-corrected chi connectivity index (χ3v) is 4.97. The Labute approximate surface area is 152 Å². The molecule has 0 spiro atoms. The molecule has 144 valence electrons. The zero-order valence-electron chi connectivity index (χ0n) is 16.2. The zero-order chi connectivity index (χ0) is 18.2. The molecule has 0 aromatic carbocycles. The van der Waals surface area contributed by atoms with Gasteiger partial charge in [0, 0.05) is 38.3 Å². The lowest BCUT2D eigenvalue weighted by molar-refractivity contribution is -0.125. The molecule has 0 aromatic heterocycles. The van der Waals surface area contributed by atoms with Gasteiger partial charge < -0.3 is 10.6 Å². The first-order chi connectivity index (χ1) is 11.9. The molecule has 2 N–H and O–H groups in total. The van der Waals surface area contributed by atoms with Crippen molar-refractivity contribution in [2.45, 2.75) is 65.0 Å². The molecule has 2 rings (SSSR count). The predicted molar refractivity (Wildman–Crippen MR) is 100 cm³/mol. The third kappa shape index (κ3) is 8.68. The van der Waals surface area contributed by atoms with Gasteiger partial charge >= 0.3 is 0 Å². The average molecular weight is 353 g/mol. The van der Waals surface area contributed by atoms with Crippen LogP contribution in [0.2, 0.25) is 0 Å². The van der Waals surface area contributed by atoms with Gasteiger partial charge in [-0.25, -0.2) is 0 Å². The molecule has 6 heteroatoms. The average Bonchev–Trinajstić information content (AvgIpc) is 3.32. The normalized spacial score (nSPS) is 20.5. The molecule has 0 radical (unpaired) electrons. The Bertz CT molecular complexity index is 429. The molecule has 1 aliphatic carbocycles. The lowest BCUT2D eigenvalue weighted by Gasteiger charge is -2.34. The maximum absolute atomic E-state index is 12.2. The molecular weight excluding hydrogens is 316 g/mol. The van der Waals surface area contributed by atoms with E-state index in [1.54, 1.807) is 0 Å². The van der Waals surface area contributed by atoms with Crippen molar-refractivity contribution in [2.75, 3.05) is 39.3 Å². The Kier molecular flexibility index (Phi) is 8.16. The molecule has 2 fully saturated rings. The van der Waals surface area contributed by atoms with Crippen molar-refractivity contribution in [3.63, 3.8) is 0 Å². The number of piperazine rings is 1. The molecule has 25 heavy (non-hydrogen) atoms. The van der Waals surface area contributed by atoms with Gasteiger partial charge in [0.15, 0.2) is 0 Å². The molecule has 1 saturated carbocycles. The fraction of sp³-hybridized carbons (Fsp3) is 0.895. The molecule has 1 saturated heterocycles. The SMILES string of the molecule is CC(C)CCCC(C)NC(=O)CN1CCN(CC(=O)NC2CC2)CC1. The van der Waals surface area contributed by atoms with E-state index in [-0.39, 0.29) is 17.9 Å². The van der Waals surface area contributed by atoms with Gasteiger partial charge in [0.2, 0.25) is 11.8 Å². The fourth-order valence-corrected chi connectivity index (χ4v) is 3.24. The third-order valence-electron chi connectivity index (χ3n) is 4.97. The number of rotatable bonds is 10. The van der Waals surface area contributed by atoms with Crippen molar-refractivity contribution in [1.29, 1.82) is 0 Å². The van der Waals surface area contributed by atoms with E-state index in [4.69, 9.17) is 0 Å². The summed E-state index contributed by atoms with van der Waals surface area (Å²) < 4.78 is 0. The highest BCUT2D eigenvalue weighted by Crippen LogP contribution is 2.18. The summed E-state index contributed by atoms with van der Waals surface area (Å²) in [5.41, 5.74) is 0. The van der Waals surface area contributed by atoms with Crippen LogP contribution in [0.25, 0.3) is 0 Å². The van der Waals surface area contributed by atoms with E-state index in [2.05, 4.69) is 41.2 Å². The molecule has 6 nitrogen and oxygen atoms in total. The van der Waals surface area contributed by atoms with Gasteiger partial charge in [-0.05, 0) is 32.1 Å². The van der Waals surface area contributed by atoms with E-state index in [1.165, 1.54) is 12.8 Å². The Morgan fingerprint density at radius 1 is 0.920 bits per heavy atom. The van der Waals surface area contributed by atoms with Crippen LogP contribution in [0.5, 0.6) is 0 Å². The summed E-state index contributed by atoms with van der Waals surface area (Å²) in [6.45, 7) is 10.9. The van der Waals surface area contributed by atoms with E-state index in [0.717, 1.165) is 51.4 Å². The topological polar surface area (TPSA) is 64.7 Å². The first-order valence-electron chi connectivity index (χ1n) is 9.96. The highest BCUT2D eigenvalue weighted by molar-refractivity contribution is 5.79. The summed E-state index contributed by atoms with van der Waals surface area (Å²) in [6, 6.07) is 0.679. The molecule has 2 amide bonds. The molecule has 0 aromatic rings. The lowest BCUT2D eigenvalue weighted by Crippen LogP contribution is -2.52. The number of hydrogen-bond acceptors (Lipinski definition) is 4. The fourth-order valence-electron chi connectivity index (χ4n) is 3.24. The smallest absolute Gasteiger partial charge is 0.234 e. The van der Waals surface area contributed by atoms with Crippen LogP contribution >= 0.6 is 0 Å². The minimum Gasteiger partial charge on any atom is -0.353 e. The van der Waals surface area contributed by atoms with Crippen molar-refractivity contribution in [3.05, 3.63) is 0 Å². The van der Waals surface area contributed by atoms with Gasteiger partial charge in [0.25, 0.3) is 0 Å². The highest BCUT2D eigenvalue weighted by atomic mass is 16.2. The van der Waals surface area contributed by atoms with Crippen molar-refractivity contribution in [3.8, 4) is 0 Å². The molecular formula is C19H36N4O2. The van der Waals surface area contributed by atoms with Crippen LogP contribution in [0.1, 0.15) is 52.9 Å². The summed E-state index contributed by atoms with van der Waals surface area (Å²) in [7, 11) is 0. The second kappa shape index (κ2) is 10.1. The Hall–Kier alpha value is -1.14. The van der Waals surface area contributed by atoms with E-state index < -0.39 is 0 Å². The van der Waals surface area contributed by atoms with E-state index in [9.17, 15) is 9.59 Å². The van der Waals surface area contributed by atoms with E-state index in [1.807, 2.05) is 0 Å². The summed E-state index contributed by atoms with van der Waals surface area (Å²) >= 11 is 0. The number of carbonyl (C=O) groups is 2. The van der Waals surface area contributed by atoms with E-state index in [0.29, 0.717) is 19.1 Å². The summed E-state index contributed by atoms with van der Waals surface area (Å²) in [5, 5.41) is 6.15. The van der Waals surface area contributed by atoms with Crippen LogP contribution in [0, 0.1) is 5.92 Å². The Morgan fingerprint density at radius 3 is 2.00 bits per heavy atom. The van der Waals surface area contributed by atoms with Crippen LogP contribution in [-0.4, -0.2) is 73.0 Å². The van der Waals surface area contributed by atoms with E-state index >= 15 is 0 Å². The number of hydrogen-bond donors (Lipinski definition) is 2. The van der Waals surface area contributed by atoms with Crippen LogP contribution in [0.3, 0.4) is 0 Å². The molecule has 1 aliphatic heterocycles. The van der Waals surface area contributed by atoms with Crippen LogP contribution in [0.4, 0.5) is 0 Å². The summed E-state index contributed by atoms with van der Waals surface area (Å²) in [6.07, 6.45) is 5.69. The Morgan fingerprint density at radius 2 is 1.48 bits per heavy atom. The first-order valence-corrected chi connectivity index (χ1v) is 9.96. The molecule has 1 unspecified atom stereocenters. The van der Waals surface area contributed by atoms with Gasteiger partial charge in [-0.2, -0.15) is 0 Å². The summed E-state index contributed by atoms with van der Waals surface area (Å²) in [4.78, 5) is 28.4. The Balaban J connectivity index is 1.55. The van der Waals surface area contributed by atoms with Gasteiger partial charge in [-0.1, -0.05) is 26.7 Å². The molecule has 1 atom stereocenters. The van der Waals surface area contributed by atoms with Gasteiger partial charge in [0.05, 0.1) is 13.1 Å². The van der Waals surface area contributed by atoms with Crippen LogP contribution < -0.4 is 10.6 Å². The molecule has 1 heterocycles. The number of carbonyl (C=O) groups excluding carboxylic acids is 2. The standard InChI is InChI=1S/C19H36N4O2/c1-15(2)5-4-6-16(3)20-18(24)13-22-9-11-23(12-10-22)14-19(25)21-17-7-8-17/h15-17H,4-14H2,1-3H3,(H,20,24)(H,21,25). The molecule has 0 bridgehead atoms. The minimum atomic E-state index is 0.122. The quantitative estimate of drug-likeness (QED) is 0.620. The van der Waals surface area contributed by atoms with Crippen molar-refractivity contribution in [1.82, 2.24) is 20.4 Å². The maximum Gasteiger partial charge on any atom is 0.234 e. The second-order valence-electron chi connectivity index (χ2n) is 8.19. The first kappa shape index (κ1) is 20.2. The lowest BCUT2D eigenvalue weighted by atomic mass is 10.0. The van der Waals surface area contributed by atoms with Crippen molar-refractivity contribution >= 4 is 11.8 Å². The van der Waals surface area contributed by atoms with Gasteiger partial charge in [-0.3, -0.25) is 19.4 Å². The monoisotopic (exact) mass is 352 g/mol. The minimum absolute atomic E-state index is 0.122. The van der Waals surface area contributed by atoms with Crippen molar-refractivity contribution in [2.24, 2.45) is 5.92 Å². The maximum atomic E-state index is 12.2. The highest BCUT2D eigenvalue weighted by Gasteiger charge is 2.25. The number of nitrogens with zero attached hydrogens (tertiary/aromatic N) is 2. The summed E-state index contributed by atoms with van der Waals surface area (Å²) in [5.74, 6) is 0.992. The van der Waals surface area contributed by atoms with Crippen LogP contribution in [0.15, 0.2) is 0 Å².